The van der Waals surface area contributed by atoms with Crippen LogP contribution in [-0.2, 0) is 0 Å². The molecule has 0 unspecified atom stereocenters. The summed E-state index contributed by atoms with van der Waals surface area (Å²) in [5.74, 6) is 0.576. The monoisotopic (exact) mass is 811 g/mol. The van der Waals surface area contributed by atoms with Gasteiger partial charge >= 0.3 is 0 Å². The minimum absolute atomic E-state index is 0.0136. The van der Waals surface area contributed by atoms with Crippen molar-refractivity contribution in [3.8, 4) is 89.8 Å². The fraction of sp³-hybridized carbons (Fsp3) is 0. The molecule has 11 rings (SSSR count). The van der Waals surface area contributed by atoms with Crippen LogP contribution in [0.2, 0.25) is 0 Å². The topological polar surface area (TPSA) is 51.8 Å². The largest absolute Gasteiger partial charge is 0.456 e. The molecule has 0 N–H and O–H groups in total. The van der Waals surface area contributed by atoms with E-state index in [1.807, 2.05) is 176 Å². The van der Waals surface area contributed by atoms with E-state index < -0.39 is 0 Å². The van der Waals surface area contributed by atoms with E-state index in [1.54, 1.807) is 6.08 Å². The maximum Gasteiger partial charge on any atom is 0.164 e. The van der Waals surface area contributed by atoms with Crippen LogP contribution >= 0.6 is 0 Å². The van der Waals surface area contributed by atoms with Gasteiger partial charge in [-0.1, -0.05) is 182 Å². The van der Waals surface area contributed by atoms with Crippen LogP contribution in [-0.4, -0.2) is 15.0 Å². The fourth-order valence-corrected chi connectivity index (χ4v) is 7.85. The molecule has 0 amide bonds. The van der Waals surface area contributed by atoms with Crippen LogP contribution < -0.4 is 0 Å². The Bertz CT molecular complexity index is 3730. The molecule has 63 heavy (non-hydrogen) atoms. The zero-order valence-electron chi connectivity index (χ0n) is 39.9. The summed E-state index contributed by atoms with van der Waals surface area (Å²) in [6.45, 7) is 3.86. The second-order valence-electron chi connectivity index (χ2n) is 15.2. The van der Waals surface area contributed by atoms with Gasteiger partial charge in [-0.2, -0.15) is 0 Å². The molecular formula is C59H39N3O. The Morgan fingerprint density at radius 3 is 1.40 bits per heavy atom. The number of nitrogens with zero attached hydrogens (tertiary/aromatic N) is 3. The first-order valence-corrected chi connectivity index (χ1v) is 20.6. The first-order chi connectivity index (χ1) is 33.6. The predicted octanol–water partition coefficient (Wildman–Crippen LogP) is 15.7. The molecule has 9 aromatic carbocycles. The molecule has 0 aliphatic heterocycles. The lowest BCUT2D eigenvalue weighted by Crippen LogP contribution is -2.00. The fourth-order valence-electron chi connectivity index (χ4n) is 7.85. The van der Waals surface area contributed by atoms with Crippen LogP contribution in [0.3, 0.4) is 0 Å². The van der Waals surface area contributed by atoms with Crippen molar-refractivity contribution in [2.24, 2.45) is 0 Å². The molecule has 296 valence electrons. The molecular weight excluding hydrogens is 767 g/mol. The van der Waals surface area contributed by atoms with Gasteiger partial charge in [-0.3, -0.25) is 0 Å². The van der Waals surface area contributed by atoms with Gasteiger partial charge in [-0.25, -0.2) is 15.0 Å². The Balaban J connectivity index is 1.10. The summed E-state index contributed by atoms with van der Waals surface area (Å²) < 4.78 is 63.5. The summed E-state index contributed by atoms with van der Waals surface area (Å²) in [6, 6.07) is 57.6. The van der Waals surface area contributed by atoms with Crippen LogP contribution in [0.5, 0.6) is 0 Å². The van der Waals surface area contributed by atoms with Crippen molar-refractivity contribution in [1.82, 2.24) is 15.0 Å². The molecule has 0 aliphatic carbocycles. The second-order valence-corrected chi connectivity index (χ2v) is 15.2. The van der Waals surface area contributed by atoms with Gasteiger partial charge in [0.15, 0.2) is 17.5 Å². The Kier molecular flexibility index (Phi) is 8.07. The predicted molar refractivity (Wildman–Crippen MR) is 261 cm³/mol. The van der Waals surface area contributed by atoms with Gasteiger partial charge < -0.3 is 4.42 Å². The van der Waals surface area contributed by atoms with Crippen molar-refractivity contribution in [2.45, 2.75) is 0 Å². The van der Waals surface area contributed by atoms with E-state index >= 15 is 0 Å². The third-order valence-electron chi connectivity index (χ3n) is 11.2. The quantitative estimate of drug-likeness (QED) is 0.146. The van der Waals surface area contributed by atoms with E-state index in [0.29, 0.717) is 28.3 Å². The summed E-state index contributed by atoms with van der Waals surface area (Å²) in [6.07, 6.45) is 1.80. The maximum absolute atomic E-state index is 9.73. The molecule has 0 atom stereocenters. The molecule has 11 aromatic rings. The Hall–Kier alpha value is -8.47. The summed E-state index contributed by atoms with van der Waals surface area (Å²) in [7, 11) is 0. The maximum atomic E-state index is 9.73. The van der Waals surface area contributed by atoms with Gasteiger partial charge in [-0.05, 0) is 110 Å². The first-order valence-electron chi connectivity index (χ1n) is 23.6. The SMILES string of the molecule is [2H]c1c(-c2cc(-c3ccccc3)cc(-c3ccccc3)c2)c([2H])c2c(oc3c([2H])c(-c4nc(-c5ccc(-c6ccc(C=C)cc6)cc5)nc(-c5cccc(-c6ccccc6)c5)n4)c([2H])c([2H])c32)c1[2H]. The molecule has 0 fully saturated rings. The number of furan rings is 1. The van der Waals surface area contributed by atoms with Crippen molar-refractivity contribution in [1.29, 1.82) is 0 Å². The zero-order valence-corrected chi connectivity index (χ0v) is 33.9. The minimum atomic E-state index is -0.352. The molecule has 2 heterocycles. The highest BCUT2D eigenvalue weighted by atomic mass is 16.3. The minimum Gasteiger partial charge on any atom is -0.456 e. The molecule has 0 aliphatic rings. The van der Waals surface area contributed by atoms with Crippen molar-refractivity contribution in [3.63, 3.8) is 0 Å². The lowest BCUT2D eigenvalue weighted by Gasteiger charge is -2.11. The number of fused-ring (bicyclic) bond motifs is 3. The molecule has 0 spiro atoms. The summed E-state index contributed by atoms with van der Waals surface area (Å²) in [5, 5.41) is 0.118. The van der Waals surface area contributed by atoms with E-state index in [-0.39, 0.29) is 75.1 Å². The van der Waals surface area contributed by atoms with Crippen molar-refractivity contribution in [2.75, 3.05) is 0 Å². The van der Waals surface area contributed by atoms with Crippen LogP contribution in [0.25, 0.3) is 118 Å². The van der Waals surface area contributed by atoms with Crippen molar-refractivity contribution >= 4 is 28.0 Å². The third kappa shape index (κ3) is 7.51. The van der Waals surface area contributed by atoms with E-state index in [9.17, 15) is 8.22 Å². The van der Waals surface area contributed by atoms with Gasteiger partial charge in [0, 0.05) is 27.5 Å². The highest BCUT2D eigenvalue weighted by Gasteiger charge is 2.17. The highest BCUT2D eigenvalue weighted by Crippen LogP contribution is 2.38. The van der Waals surface area contributed by atoms with Crippen LogP contribution in [0.4, 0.5) is 0 Å². The summed E-state index contributed by atoms with van der Waals surface area (Å²) >= 11 is 0. The number of hydrogen-bond donors (Lipinski definition) is 0. The number of hydrogen-bond acceptors (Lipinski definition) is 4. The van der Waals surface area contributed by atoms with E-state index in [2.05, 4.69) is 12.6 Å². The van der Waals surface area contributed by atoms with E-state index in [1.165, 1.54) is 0 Å². The number of rotatable bonds is 9. The lowest BCUT2D eigenvalue weighted by atomic mass is 9.93. The van der Waals surface area contributed by atoms with Gasteiger partial charge in [0.1, 0.15) is 11.2 Å². The van der Waals surface area contributed by atoms with Crippen molar-refractivity contribution in [3.05, 3.63) is 230 Å². The summed E-state index contributed by atoms with van der Waals surface area (Å²) in [4.78, 5) is 14.8. The van der Waals surface area contributed by atoms with Gasteiger partial charge in [0.05, 0.1) is 8.22 Å². The van der Waals surface area contributed by atoms with E-state index in [4.69, 9.17) is 19.4 Å². The molecule has 0 bridgehead atoms. The number of aromatic nitrogens is 3. The molecule has 2 aromatic heterocycles. The normalized spacial score (nSPS) is 12.6. The smallest absolute Gasteiger partial charge is 0.164 e. The third-order valence-corrected chi connectivity index (χ3v) is 11.2. The van der Waals surface area contributed by atoms with Crippen LogP contribution in [0, 0.1) is 0 Å². The standard InChI is InChI=1S/C59H39N3O/c1-2-39-21-23-43(24-22-39)44-25-27-45(28-26-44)57-60-58(48-20-12-19-46(33-48)40-13-6-3-7-14-40)62-59(61-57)49-29-31-53-54-37-47(30-32-55(54)63-56(53)38-49)52-35-50(41-15-8-4-9-16-41)34-51(36-52)42-17-10-5-11-18-42/h2-38H,1H2/i29D,30D,31D,32D,37D,38D. The van der Waals surface area contributed by atoms with E-state index in [0.717, 1.165) is 50.1 Å². The first kappa shape index (κ1) is 31.4. The van der Waals surface area contributed by atoms with Gasteiger partial charge in [0.25, 0.3) is 0 Å². The molecule has 4 nitrogen and oxygen atoms in total. The van der Waals surface area contributed by atoms with Crippen molar-refractivity contribution < 1.29 is 12.6 Å². The lowest BCUT2D eigenvalue weighted by molar-refractivity contribution is 0.669. The van der Waals surface area contributed by atoms with Crippen LogP contribution in [0.15, 0.2) is 229 Å². The Morgan fingerprint density at radius 1 is 0.349 bits per heavy atom. The highest BCUT2D eigenvalue weighted by molar-refractivity contribution is 6.07. The van der Waals surface area contributed by atoms with Gasteiger partial charge in [0.2, 0.25) is 0 Å². The Labute approximate surface area is 374 Å². The molecule has 0 radical (unpaired) electrons. The number of benzene rings is 9. The van der Waals surface area contributed by atoms with Crippen LogP contribution in [0.1, 0.15) is 13.8 Å². The van der Waals surface area contributed by atoms with Gasteiger partial charge in [-0.15, -0.1) is 0 Å². The molecule has 0 saturated heterocycles. The summed E-state index contributed by atoms with van der Waals surface area (Å²) in [5.41, 5.74) is 10.3. The average molecular weight is 812 g/mol. The Morgan fingerprint density at radius 2 is 0.794 bits per heavy atom. The second kappa shape index (κ2) is 16.2. The molecule has 0 saturated carbocycles. The average Bonchev–Trinajstić information content (AvgIpc) is 3.83. The molecule has 4 heteroatoms. The zero-order chi connectivity index (χ0) is 47.3.